The molecule has 27 heavy (non-hydrogen) atoms. The molecule has 0 aliphatic carbocycles. The quantitative estimate of drug-likeness (QED) is 0.379. The zero-order valence-corrected chi connectivity index (χ0v) is 18.8. The van der Waals surface area contributed by atoms with Gasteiger partial charge in [-0.2, -0.15) is 0 Å². The Morgan fingerprint density at radius 2 is 1.85 bits per heavy atom. The van der Waals surface area contributed by atoms with Gasteiger partial charge in [0.25, 0.3) is 0 Å². The van der Waals surface area contributed by atoms with Crippen LogP contribution in [0.15, 0.2) is 22.7 Å². The molecule has 4 nitrogen and oxygen atoms in total. The maximum Gasteiger partial charge on any atom is 0.144 e. The second kappa shape index (κ2) is 8.80. The average Bonchev–Trinajstić information content (AvgIpc) is 2.91. The van der Waals surface area contributed by atoms with Gasteiger partial charge in [-0.1, -0.05) is 49.9 Å². The average molecular weight is 470 g/mol. The molecule has 0 aliphatic heterocycles. The van der Waals surface area contributed by atoms with Crippen LogP contribution < -0.4 is 5.32 Å². The summed E-state index contributed by atoms with van der Waals surface area (Å²) >= 11 is 16.2. The van der Waals surface area contributed by atoms with E-state index in [-0.39, 0.29) is 0 Å². The summed E-state index contributed by atoms with van der Waals surface area (Å²) in [5.41, 5.74) is 2.52. The Bertz CT molecular complexity index is 949. The van der Waals surface area contributed by atoms with Crippen molar-refractivity contribution in [3.05, 3.63) is 38.5 Å². The van der Waals surface area contributed by atoms with E-state index in [1.54, 1.807) is 6.07 Å². The minimum absolute atomic E-state index is 0.391. The van der Waals surface area contributed by atoms with Crippen molar-refractivity contribution >= 4 is 56.0 Å². The minimum atomic E-state index is 0.391. The zero-order chi connectivity index (χ0) is 19.6. The Morgan fingerprint density at radius 1 is 1.15 bits per heavy atom. The molecule has 0 unspecified atom stereocenters. The molecule has 0 bridgehead atoms. The second-order valence-electron chi connectivity index (χ2n) is 6.70. The maximum atomic E-state index is 6.42. The molecule has 0 saturated heterocycles. The minimum Gasteiger partial charge on any atom is -0.367 e. The van der Waals surface area contributed by atoms with Crippen LogP contribution >= 0.6 is 39.1 Å². The lowest BCUT2D eigenvalue weighted by Crippen LogP contribution is -2.20. The van der Waals surface area contributed by atoms with Gasteiger partial charge in [-0.25, -0.2) is 9.97 Å². The number of hydrogen-bond donors (Lipinski definition) is 2. The maximum absolute atomic E-state index is 6.42. The van der Waals surface area contributed by atoms with Crippen LogP contribution in [0.3, 0.4) is 0 Å². The van der Waals surface area contributed by atoms with Crippen molar-refractivity contribution in [2.24, 2.45) is 0 Å². The number of nitrogens with one attached hydrogen (secondary N) is 2. The van der Waals surface area contributed by atoms with Gasteiger partial charge in [0.15, 0.2) is 0 Å². The predicted octanol–water partition coefficient (Wildman–Crippen LogP) is 7.38. The molecule has 2 heterocycles. The van der Waals surface area contributed by atoms with E-state index in [4.69, 9.17) is 23.2 Å². The van der Waals surface area contributed by atoms with E-state index in [1.807, 2.05) is 19.1 Å². The van der Waals surface area contributed by atoms with Gasteiger partial charge in [0, 0.05) is 16.6 Å². The van der Waals surface area contributed by atoms with Crippen LogP contribution in [0.5, 0.6) is 0 Å². The van der Waals surface area contributed by atoms with E-state index in [9.17, 15) is 0 Å². The number of aryl methyl sites for hydroxylation is 1. The van der Waals surface area contributed by atoms with Crippen LogP contribution in [0.25, 0.3) is 22.3 Å². The lowest BCUT2D eigenvalue weighted by Gasteiger charge is -2.19. The third-order valence-electron chi connectivity index (χ3n) is 4.52. The van der Waals surface area contributed by atoms with E-state index >= 15 is 0 Å². The van der Waals surface area contributed by atoms with Crippen molar-refractivity contribution in [2.75, 3.05) is 5.32 Å². The molecule has 0 fully saturated rings. The summed E-state index contributed by atoms with van der Waals surface area (Å²) < 4.78 is 0.899. The molecular weight excluding hydrogens is 447 g/mol. The van der Waals surface area contributed by atoms with Crippen LogP contribution in [0.4, 0.5) is 5.82 Å². The highest BCUT2D eigenvalue weighted by atomic mass is 79.9. The number of fused-ring (bicyclic) bond motifs is 1. The Hall–Kier alpha value is -1.30. The highest BCUT2D eigenvalue weighted by Gasteiger charge is 2.20. The summed E-state index contributed by atoms with van der Waals surface area (Å²) in [6, 6.07) is 5.87. The van der Waals surface area contributed by atoms with Gasteiger partial charge in [0.2, 0.25) is 0 Å². The van der Waals surface area contributed by atoms with Gasteiger partial charge in [0.1, 0.15) is 17.3 Å². The lowest BCUT2D eigenvalue weighted by atomic mass is 10.1. The second-order valence-corrected chi connectivity index (χ2v) is 8.34. The van der Waals surface area contributed by atoms with Crippen molar-refractivity contribution in [1.29, 1.82) is 0 Å². The Morgan fingerprint density at radius 3 is 2.48 bits per heavy atom. The number of aromatic amines is 1. The molecule has 0 saturated carbocycles. The Kier molecular flexibility index (Phi) is 6.66. The fourth-order valence-corrected chi connectivity index (χ4v) is 4.52. The Balaban J connectivity index is 2.12. The summed E-state index contributed by atoms with van der Waals surface area (Å²) in [5, 5.41) is 5.78. The van der Waals surface area contributed by atoms with Gasteiger partial charge >= 0.3 is 0 Å². The SMILES string of the molecule is CCCC(CCC)Nc1nc(C)nc2[nH]c(-c3ccc(Cl)cc3Cl)c(Br)c12. The number of anilines is 1. The van der Waals surface area contributed by atoms with Crippen molar-refractivity contribution < 1.29 is 0 Å². The number of hydrogen-bond acceptors (Lipinski definition) is 3. The van der Waals surface area contributed by atoms with E-state index in [1.165, 1.54) is 0 Å². The molecular formula is C20H23BrCl2N4. The highest BCUT2D eigenvalue weighted by molar-refractivity contribution is 9.10. The summed E-state index contributed by atoms with van der Waals surface area (Å²) in [4.78, 5) is 12.7. The summed E-state index contributed by atoms with van der Waals surface area (Å²) in [6.45, 7) is 6.32. The first-order valence-corrected chi connectivity index (χ1v) is 10.8. The first-order chi connectivity index (χ1) is 12.9. The number of nitrogens with zero attached hydrogens (tertiary/aromatic N) is 2. The summed E-state index contributed by atoms with van der Waals surface area (Å²) in [7, 11) is 0. The zero-order valence-electron chi connectivity index (χ0n) is 15.7. The molecule has 2 N–H and O–H groups in total. The fraction of sp³-hybridized carbons (Fsp3) is 0.400. The highest BCUT2D eigenvalue weighted by Crippen LogP contribution is 2.40. The lowest BCUT2D eigenvalue weighted by molar-refractivity contribution is 0.584. The molecule has 2 aromatic heterocycles. The molecule has 7 heteroatoms. The normalized spacial score (nSPS) is 11.5. The largest absolute Gasteiger partial charge is 0.367 e. The molecule has 144 valence electrons. The smallest absolute Gasteiger partial charge is 0.144 e. The van der Waals surface area contributed by atoms with Crippen LogP contribution in [-0.2, 0) is 0 Å². The molecule has 3 rings (SSSR count). The molecule has 0 radical (unpaired) electrons. The first kappa shape index (κ1) is 20.4. The molecule has 0 aliphatic rings. The first-order valence-electron chi connectivity index (χ1n) is 9.22. The summed E-state index contributed by atoms with van der Waals surface area (Å²) in [5.74, 6) is 1.57. The van der Waals surface area contributed by atoms with E-state index in [2.05, 4.69) is 50.0 Å². The number of aromatic nitrogens is 3. The number of halogens is 3. The monoisotopic (exact) mass is 468 g/mol. The van der Waals surface area contributed by atoms with Crippen molar-refractivity contribution in [1.82, 2.24) is 15.0 Å². The van der Waals surface area contributed by atoms with E-state index < -0.39 is 0 Å². The van der Waals surface area contributed by atoms with Crippen molar-refractivity contribution in [3.8, 4) is 11.3 Å². The number of H-pyrrole nitrogens is 1. The van der Waals surface area contributed by atoms with Crippen molar-refractivity contribution in [3.63, 3.8) is 0 Å². The van der Waals surface area contributed by atoms with Gasteiger partial charge < -0.3 is 10.3 Å². The van der Waals surface area contributed by atoms with Gasteiger partial charge in [-0.05, 0) is 53.9 Å². The van der Waals surface area contributed by atoms with Crippen LogP contribution in [0, 0.1) is 6.92 Å². The molecule has 0 atom stereocenters. The molecule has 3 aromatic rings. The molecule has 1 aromatic carbocycles. The Labute approximate surface area is 178 Å². The fourth-order valence-electron chi connectivity index (χ4n) is 3.33. The van der Waals surface area contributed by atoms with Crippen LogP contribution in [-0.4, -0.2) is 21.0 Å². The van der Waals surface area contributed by atoms with Crippen molar-refractivity contribution in [2.45, 2.75) is 52.5 Å². The van der Waals surface area contributed by atoms with Gasteiger partial charge in [-0.15, -0.1) is 0 Å². The molecule has 0 amide bonds. The standard InChI is InChI=1S/C20H23BrCl2N4/c1-4-6-13(7-5-2)26-19-16-17(21)18(27-20(16)25-11(3)24-19)14-9-8-12(22)10-15(14)23/h8-10,13H,4-7H2,1-3H3,(H2,24,25,26,27). The predicted molar refractivity (Wildman–Crippen MR) is 119 cm³/mol. The number of benzene rings is 1. The van der Waals surface area contributed by atoms with Gasteiger partial charge in [-0.3, -0.25) is 0 Å². The van der Waals surface area contributed by atoms with E-state index in [0.29, 0.717) is 16.1 Å². The summed E-state index contributed by atoms with van der Waals surface area (Å²) in [6.07, 6.45) is 4.47. The van der Waals surface area contributed by atoms with Crippen LogP contribution in [0.2, 0.25) is 10.0 Å². The topological polar surface area (TPSA) is 53.6 Å². The third kappa shape index (κ3) is 4.41. The van der Waals surface area contributed by atoms with Gasteiger partial charge in [0.05, 0.1) is 20.6 Å². The molecule has 0 spiro atoms. The third-order valence-corrected chi connectivity index (χ3v) is 5.86. The van der Waals surface area contributed by atoms with Crippen LogP contribution in [0.1, 0.15) is 45.4 Å². The number of rotatable bonds is 7. The van der Waals surface area contributed by atoms with E-state index in [0.717, 1.165) is 64.1 Å².